The molecule has 0 saturated heterocycles. The van der Waals surface area contributed by atoms with E-state index >= 15 is 0 Å². The lowest BCUT2D eigenvalue weighted by Gasteiger charge is -2.24. The molecule has 20 heavy (non-hydrogen) atoms. The Morgan fingerprint density at radius 1 is 1.15 bits per heavy atom. The fourth-order valence-electron chi connectivity index (χ4n) is 2.91. The number of hydrogen-bond acceptors (Lipinski definition) is 2. The molecule has 3 heteroatoms. The number of rotatable bonds is 3. The molecule has 1 fully saturated rings. The molecule has 3 rings (SSSR count). The van der Waals surface area contributed by atoms with Gasteiger partial charge in [0.15, 0.2) is 0 Å². The van der Waals surface area contributed by atoms with E-state index in [2.05, 4.69) is 30.1 Å². The van der Waals surface area contributed by atoms with Crippen molar-refractivity contribution >= 4 is 23.2 Å². The number of ether oxygens (including phenoxy) is 1. The van der Waals surface area contributed by atoms with Crippen LogP contribution in [0.4, 0.5) is 0 Å². The van der Waals surface area contributed by atoms with Gasteiger partial charge in [0.25, 0.3) is 0 Å². The van der Waals surface area contributed by atoms with Gasteiger partial charge in [-0.15, -0.1) is 12.4 Å². The Labute approximate surface area is 127 Å². The maximum absolute atomic E-state index is 6.27. The number of aryl methyl sites for hydroxylation is 1. The first-order valence-electron chi connectivity index (χ1n) is 7.40. The van der Waals surface area contributed by atoms with Crippen LogP contribution in [0.1, 0.15) is 44.6 Å². The number of aromatic nitrogens is 1. The van der Waals surface area contributed by atoms with Gasteiger partial charge in [0.05, 0.1) is 6.10 Å². The van der Waals surface area contributed by atoms with E-state index in [0.717, 1.165) is 12.2 Å². The summed E-state index contributed by atoms with van der Waals surface area (Å²) in [6.45, 7) is 2.19. The van der Waals surface area contributed by atoms with Gasteiger partial charge in [-0.2, -0.15) is 0 Å². The summed E-state index contributed by atoms with van der Waals surface area (Å²) in [5.41, 5.74) is 1.30. The molecule has 0 unspecified atom stereocenters. The van der Waals surface area contributed by atoms with E-state index in [1.807, 2.05) is 12.4 Å². The standard InChI is InChI=1S/C17H21NO.ClH/c1-2-13-10-15-12-18-9-8-14(15)11-17(13)19-16-6-4-3-5-7-16;/h8-12,16H,2-7H2,1H3;1H. The highest BCUT2D eigenvalue weighted by Gasteiger charge is 2.16. The predicted octanol–water partition coefficient (Wildman–Crippen LogP) is 4.93. The van der Waals surface area contributed by atoms with E-state index in [1.54, 1.807) is 0 Å². The summed E-state index contributed by atoms with van der Waals surface area (Å²) in [6.07, 6.45) is 11.6. The highest BCUT2D eigenvalue weighted by molar-refractivity contribution is 5.85. The molecular weight excluding hydrogens is 270 g/mol. The molecule has 108 valence electrons. The molecule has 0 atom stereocenters. The van der Waals surface area contributed by atoms with Gasteiger partial charge in [0.2, 0.25) is 0 Å². The Kier molecular flexibility index (Phi) is 5.24. The fourth-order valence-corrected chi connectivity index (χ4v) is 2.91. The SMILES string of the molecule is CCc1cc2cnccc2cc1OC1CCCCC1.Cl. The molecular formula is C17H22ClNO. The molecule has 1 aliphatic rings. The monoisotopic (exact) mass is 291 g/mol. The van der Waals surface area contributed by atoms with Crippen molar-refractivity contribution in [1.82, 2.24) is 4.98 Å². The van der Waals surface area contributed by atoms with Gasteiger partial charge in [-0.25, -0.2) is 0 Å². The van der Waals surface area contributed by atoms with Gasteiger partial charge < -0.3 is 4.74 Å². The summed E-state index contributed by atoms with van der Waals surface area (Å²) in [5, 5.41) is 2.42. The van der Waals surface area contributed by atoms with E-state index in [0.29, 0.717) is 6.10 Å². The van der Waals surface area contributed by atoms with Crippen LogP contribution >= 0.6 is 12.4 Å². The van der Waals surface area contributed by atoms with Gasteiger partial charge in [-0.1, -0.05) is 13.3 Å². The van der Waals surface area contributed by atoms with Gasteiger partial charge in [-0.3, -0.25) is 4.98 Å². The van der Waals surface area contributed by atoms with Crippen LogP contribution in [0, 0.1) is 0 Å². The lowest BCUT2D eigenvalue weighted by molar-refractivity contribution is 0.154. The van der Waals surface area contributed by atoms with E-state index in [9.17, 15) is 0 Å². The molecule has 0 aliphatic heterocycles. The summed E-state index contributed by atoms with van der Waals surface area (Å²) in [7, 11) is 0. The third-order valence-electron chi connectivity index (χ3n) is 4.05. The van der Waals surface area contributed by atoms with Crippen LogP contribution in [0.3, 0.4) is 0 Å². The molecule has 1 aromatic carbocycles. The zero-order valence-electron chi connectivity index (χ0n) is 12.0. The molecule has 2 aromatic rings. The average Bonchev–Trinajstić information content (AvgIpc) is 2.47. The van der Waals surface area contributed by atoms with Crippen molar-refractivity contribution in [2.24, 2.45) is 0 Å². The van der Waals surface area contributed by atoms with Crippen LogP contribution in [-0.4, -0.2) is 11.1 Å². The Bertz CT molecular complexity index is 564. The minimum absolute atomic E-state index is 0. The molecule has 0 bridgehead atoms. The van der Waals surface area contributed by atoms with Crippen LogP contribution in [0.5, 0.6) is 5.75 Å². The molecule has 2 nitrogen and oxygen atoms in total. The largest absolute Gasteiger partial charge is 0.490 e. The first kappa shape index (κ1) is 15.1. The maximum Gasteiger partial charge on any atom is 0.123 e. The highest BCUT2D eigenvalue weighted by Crippen LogP contribution is 2.30. The number of halogens is 1. The molecule has 1 heterocycles. The Balaban J connectivity index is 0.00000147. The van der Waals surface area contributed by atoms with Crippen LogP contribution in [0.2, 0.25) is 0 Å². The summed E-state index contributed by atoms with van der Waals surface area (Å²) in [5.74, 6) is 1.08. The van der Waals surface area contributed by atoms with E-state index in [-0.39, 0.29) is 12.4 Å². The van der Waals surface area contributed by atoms with Crippen molar-refractivity contribution in [3.05, 3.63) is 36.2 Å². The third kappa shape index (κ3) is 3.24. The molecule has 0 radical (unpaired) electrons. The van der Waals surface area contributed by atoms with Crippen molar-refractivity contribution in [2.45, 2.75) is 51.6 Å². The van der Waals surface area contributed by atoms with Crippen molar-refractivity contribution in [3.8, 4) is 5.75 Å². The van der Waals surface area contributed by atoms with E-state index in [4.69, 9.17) is 4.74 Å². The van der Waals surface area contributed by atoms with Crippen molar-refractivity contribution in [3.63, 3.8) is 0 Å². The molecule has 1 saturated carbocycles. The maximum atomic E-state index is 6.27. The van der Waals surface area contributed by atoms with Crippen LogP contribution in [0.25, 0.3) is 10.8 Å². The summed E-state index contributed by atoms with van der Waals surface area (Å²) < 4.78 is 6.27. The van der Waals surface area contributed by atoms with Gasteiger partial charge >= 0.3 is 0 Å². The first-order valence-corrected chi connectivity index (χ1v) is 7.40. The summed E-state index contributed by atoms with van der Waals surface area (Å²) in [6, 6.07) is 6.47. The Morgan fingerprint density at radius 2 is 1.95 bits per heavy atom. The van der Waals surface area contributed by atoms with Crippen molar-refractivity contribution < 1.29 is 4.74 Å². The molecule has 0 amide bonds. The molecule has 0 N–H and O–H groups in total. The quantitative estimate of drug-likeness (QED) is 0.800. The van der Waals surface area contributed by atoms with Crippen LogP contribution < -0.4 is 4.74 Å². The topological polar surface area (TPSA) is 22.1 Å². The van der Waals surface area contributed by atoms with Crippen molar-refractivity contribution in [2.75, 3.05) is 0 Å². The number of pyridine rings is 1. The fraction of sp³-hybridized carbons (Fsp3) is 0.471. The summed E-state index contributed by atoms with van der Waals surface area (Å²) >= 11 is 0. The second-order valence-electron chi connectivity index (χ2n) is 5.41. The van der Waals surface area contributed by atoms with Crippen LogP contribution in [-0.2, 0) is 6.42 Å². The van der Waals surface area contributed by atoms with E-state index < -0.39 is 0 Å². The predicted molar refractivity (Wildman–Crippen MR) is 85.9 cm³/mol. The van der Waals surface area contributed by atoms with E-state index in [1.165, 1.54) is 48.4 Å². The minimum Gasteiger partial charge on any atom is -0.490 e. The second-order valence-corrected chi connectivity index (χ2v) is 5.41. The van der Waals surface area contributed by atoms with Crippen molar-refractivity contribution in [1.29, 1.82) is 0 Å². The van der Waals surface area contributed by atoms with Crippen LogP contribution in [0.15, 0.2) is 30.6 Å². The van der Waals surface area contributed by atoms with Gasteiger partial charge in [-0.05, 0) is 61.3 Å². The Hall–Kier alpha value is -1.28. The average molecular weight is 292 g/mol. The first-order chi connectivity index (χ1) is 9.36. The summed E-state index contributed by atoms with van der Waals surface area (Å²) in [4.78, 5) is 4.19. The zero-order valence-corrected chi connectivity index (χ0v) is 12.8. The zero-order chi connectivity index (χ0) is 13.1. The third-order valence-corrected chi connectivity index (χ3v) is 4.05. The van der Waals surface area contributed by atoms with Gasteiger partial charge in [0, 0.05) is 17.8 Å². The number of fused-ring (bicyclic) bond motifs is 1. The van der Waals surface area contributed by atoms with Gasteiger partial charge in [0.1, 0.15) is 5.75 Å². The number of hydrogen-bond donors (Lipinski definition) is 0. The number of nitrogens with zero attached hydrogens (tertiary/aromatic N) is 1. The number of benzene rings is 1. The molecule has 0 spiro atoms. The normalized spacial score (nSPS) is 15.8. The lowest BCUT2D eigenvalue weighted by Crippen LogP contribution is -2.20. The minimum atomic E-state index is 0. The highest BCUT2D eigenvalue weighted by atomic mass is 35.5. The lowest BCUT2D eigenvalue weighted by atomic mass is 9.97. The smallest absolute Gasteiger partial charge is 0.123 e. The molecule has 1 aliphatic carbocycles. The Morgan fingerprint density at radius 3 is 2.70 bits per heavy atom. The molecule has 1 aromatic heterocycles. The second kappa shape index (κ2) is 6.94.